The molecule has 1 aliphatic carbocycles. The molecule has 1 rings (SSSR count). The van der Waals surface area contributed by atoms with Gasteiger partial charge in [-0.1, -0.05) is 187 Å². The van der Waals surface area contributed by atoms with Crippen LogP contribution in [0.4, 0.5) is 0 Å². The van der Waals surface area contributed by atoms with Gasteiger partial charge < -0.3 is 39.9 Å². The molecule has 1 aliphatic rings. The molecule has 0 heterocycles. The minimum Gasteiger partial charge on any atom is -0.462 e. The van der Waals surface area contributed by atoms with Gasteiger partial charge in [-0.15, -0.1) is 0 Å². The number of rotatable bonds is 39. The summed E-state index contributed by atoms with van der Waals surface area (Å²) in [5, 5.41) is 50.1. The largest absolute Gasteiger partial charge is 0.472 e. The van der Waals surface area contributed by atoms with Gasteiger partial charge in [-0.3, -0.25) is 18.6 Å². The van der Waals surface area contributed by atoms with E-state index in [-0.39, 0.29) is 12.8 Å². The highest BCUT2D eigenvalue weighted by Crippen LogP contribution is 2.47. The second-order valence-corrected chi connectivity index (χ2v) is 18.0. The molecule has 0 amide bonds. The molecule has 13 nitrogen and oxygen atoms in total. The molecule has 0 saturated heterocycles. The maximum absolute atomic E-state index is 12.8. The van der Waals surface area contributed by atoms with Crippen LogP contribution in [0.25, 0.3) is 0 Å². The topological polar surface area (TPSA) is 210 Å². The minimum atomic E-state index is -5.11. The average Bonchev–Trinajstić information content (AvgIpc) is 3.20. The summed E-state index contributed by atoms with van der Waals surface area (Å²) in [5.41, 5.74) is 0. The highest BCUT2D eigenvalue weighted by molar-refractivity contribution is 7.47. The van der Waals surface area contributed by atoms with Gasteiger partial charge in [0.1, 0.15) is 43.2 Å². The van der Waals surface area contributed by atoms with Crippen molar-refractivity contribution < 1.29 is 63.1 Å². The molecule has 58 heavy (non-hydrogen) atoms. The number of hydrogen-bond acceptors (Lipinski definition) is 12. The molecule has 6 atom stereocenters. The monoisotopic (exact) mass is 853 g/mol. The van der Waals surface area contributed by atoms with E-state index in [1.165, 1.54) is 135 Å². The van der Waals surface area contributed by atoms with Crippen molar-refractivity contribution in [3.63, 3.8) is 0 Å². The van der Waals surface area contributed by atoms with Gasteiger partial charge in [0.2, 0.25) is 0 Å². The Bertz CT molecular complexity index is 1030. The Hall–Kier alpha value is -1.15. The lowest BCUT2D eigenvalue weighted by Crippen LogP contribution is -2.64. The molecular formula is C44H85O13P. The predicted molar refractivity (Wildman–Crippen MR) is 226 cm³/mol. The summed E-state index contributed by atoms with van der Waals surface area (Å²) >= 11 is 0. The van der Waals surface area contributed by atoms with Crippen LogP contribution in [0.3, 0.4) is 0 Å². The predicted octanol–water partition coefficient (Wildman–Crippen LogP) is 8.89. The van der Waals surface area contributed by atoms with Crippen LogP contribution in [0.1, 0.15) is 213 Å². The molecule has 0 bridgehead atoms. The molecule has 0 radical (unpaired) electrons. The summed E-state index contributed by atoms with van der Waals surface area (Å²) in [6.07, 6.45) is 21.7. The van der Waals surface area contributed by atoms with E-state index >= 15 is 0 Å². The first-order valence-corrected chi connectivity index (χ1v) is 24.8. The van der Waals surface area contributed by atoms with E-state index in [1.807, 2.05) is 0 Å². The van der Waals surface area contributed by atoms with Crippen molar-refractivity contribution in [2.75, 3.05) is 13.2 Å². The molecule has 1 saturated carbocycles. The third-order valence-corrected chi connectivity index (χ3v) is 12.2. The minimum absolute atomic E-state index is 0.105. The van der Waals surface area contributed by atoms with Crippen molar-refractivity contribution >= 4 is 19.8 Å². The Morgan fingerprint density at radius 3 is 1.14 bits per heavy atom. The normalized spacial score (nSPS) is 22.4. The van der Waals surface area contributed by atoms with Crippen LogP contribution in [-0.4, -0.2) is 98.3 Å². The van der Waals surface area contributed by atoms with Gasteiger partial charge in [-0.2, -0.15) is 0 Å². The fourth-order valence-electron chi connectivity index (χ4n) is 7.41. The Morgan fingerprint density at radius 2 is 0.776 bits per heavy atom. The number of esters is 2. The molecule has 0 aromatic carbocycles. The van der Waals surface area contributed by atoms with Gasteiger partial charge in [0.25, 0.3) is 0 Å². The summed E-state index contributed by atoms with van der Waals surface area (Å²) < 4.78 is 33.5. The Morgan fingerprint density at radius 1 is 0.466 bits per heavy atom. The molecule has 6 N–H and O–H groups in total. The second kappa shape index (κ2) is 35.4. The van der Waals surface area contributed by atoms with Crippen molar-refractivity contribution in [1.82, 2.24) is 0 Å². The first kappa shape index (κ1) is 54.9. The third kappa shape index (κ3) is 27.6. The van der Waals surface area contributed by atoms with E-state index in [4.69, 9.17) is 18.5 Å². The number of hydrogen-bond donors (Lipinski definition) is 6. The number of aliphatic hydroxyl groups is 5. The van der Waals surface area contributed by atoms with Crippen molar-refractivity contribution in [1.29, 1.82) is 0 Å². The Kier molecular flexibility index (Phi) is 33.5. The quantitative estimate of drug-likeness (QED) is 0.0194. The Balaban J connectivity index is 2.40. The fourth-order valence-corrected chi connectivity index (χ4v) is 8.38. The number of aliphatic hydroxyl groups excluding tert-OH is 5. The summed E-state index contributed by atoms with van der Waals surface area (Å²) in [5.74, 6) is -1.09. The first-order chi connectivity index (χ1) is 27.9. The van der Waals surface area contributed by atoms with E-state index in [9.17, 15) is 44.6 Å². The van der Waals surface area contributed by atoms with Gasteiger partial charge in [0.05, 0.1) is 6.61 Å². The number of phosphoric acid groups is 1. The average molecular weight is 853 g/mol. The number of carbonyl (C=O) groups excluding carboxylic acids is 2. The number of phosphoric ester groups is 1. The molecule has 0 aromatic heterocycles. The summed E-state index contributed by atoms with van der Waals surface area (Å²) in [4.78, 5) is 35.6. The zero-order chi connectivity index (χ0) is 42.9. The van der Waals surface area contributed by atoms with E-state index in [2.05, 4.69) is 13.8 Å². The molecule has 14 heteroatoms. The maximum atomic E-state index is 12.8. The lowest BCUT2D eigenvalue weighted by molar-refractivity contribution is -0.220. The van der Waals surface area contributed by atoms with Crippen molar-refractivity contribution in [2.24, 2.45) is 0 Å². The zero-order valence-electron chi connectivity index (χ0n) is 36.4. The van der Waals surface area contributed by atoms with E-state index in [0.29, 0.717) is 12.8 Å². The van der Waals surface area contributed by atoms with Crippen molar-refractivity contribution in [3.05, 3.63) is 0 Å². The van der Waals surface area contributed by atoms with Crippen molar-refractivity contribution in [2.45, 2.75) is 256 Å². The number of ether oxygens (including phenoxy) is 2. The molecular weight excluding hydrogens is 767 g/mol. The van der Waals surface area contributed by atoms with Crippen molar-refractivity contribution in [3.8, 4) is 0 Å². The maximum Gasteiger partial charge on any atom is 0.472 e. The van der Waals surface area contributed by atoms with Gasteiger partial charge in [-0.25, -0.2) is 4.57 Å². The smallest absolute Gasteiger partial charge is 0.462 e. The zero-order valence-corrected chi connectivity index (χ0v) is 37.3. The third-order valence-electron chi connectivity index (χ3n) is 11.2. The highest BCUT2D eigenvalue weighted by atomic mass is 31.2. The molecule has 0 aromatic rings. The van der Waals surface area contributed by atoms with Gasteiger partial charge in [0, 0.05) is 12.8 Å². The van der Waals surface area contributed by atoms with Crippen LogP contribution < -0.4 is 0 Å². The SMILES string of the molecule is CCCCCCCCCCCCCCCCCCCCCC(=O)OC(COC(=O)CCCCCCCCCCCC)COP(=O)(O)OC1C(O)C(O)C(O)C(O)C1O. The molecule has 0 aliphatic heterocycles. The van der Waals surface area contributed by atoms with Gasteiger partial charge in [-0.05, 0) is 12.8 Å². The summed E-state index contributed by atoms with van der Waals surface area (Å²) in [7, 11) is -5.11. The number of unbranched alkanes of at least 4 members (excludes halogenated alkanes) is 27. The molecule has 344 valence electrons. The molecule has 1 fully saturated rings. The molecule has 0 spiro atoms. The lowest BCUT2D eigenvalue weighted by atomic mass is 9.85. The summed E-state index contributed by atoms with van der Waals surface area (Å²) in [6, 6.07) is 0. The van der Waals surface area contributed by atoms with Crippen LogP contribution >= 0.6 is 7.82 Å². The second-order valence-electron chi connectivity index (χ2n) is 16.6. The lowest BCUT2D eigenvalue weighted by Gasteiger charge is -2.41. The van der Waals surface area contributed by atoms with E-state index in [0.717, 1.165) is 38.5 Å². The molecule has 6 unspecified atom stereocenters. The standard InChI is InChI=1S/C44H85O13P/c1-3-5-7-9-11-13-15-16-17-18-19-20-21-22-23-25-27-29-31-33-38(46)56-36(34-54-37(45)32-30-28-26-24-14-12-10-8-6-4-2)35-55-58(52,53)57-44-42(50)40(48)39(47)41(49)43(44)51/h36,39-44,47-51H,3-35H2,1-2H3,(H,52,53). The van der Waals surface area contributed by atoms with Crippen LogP contribution in [0.5, 0.6) is 0 Å². The van der Waals surface area contributed by atoms with Gasteiger partial charge in [0.15, 0.2) is 6.10 Å². The van der Waals surface area contributed by atoms with E-state index in [1.54, 1.807) is 0 Å². The van der Waals surface area contributed by atoms with Crippen LogP contribution in [0, 0.1) is 0 Å². The first-order valence-electron chi connectivity index (χ1n) is 23.3. The van der Waals surface area contributed by atoms with Gasteiger partial charge >= 0.3 is 19.8 Å². The van der Waals surface area contributed by atoms with E-state index < -0.39 is 75.7 Å². The Labute approximate surface area is 351 Å². The number of carbonyl (C=O) groups is 2. The van der Waals surface area contributed by atoms with Crippen LogP contribution in [0.2, 0.25) is 0 Å². The fraction of sp³-hybridized carbons (Fsp3) is 0.955. The van der Waals surface area contributed by atoms with Crippen LogP contribution in [0.15, 0.2) is 0 Å². The summed E-state index contributed by atoms with van der Waals surface area (Å²) in [6.45, 7) is 3.30. The van der Waals surface area contributed by atoms with Crippen LogP contribution in [-0.2, 0) is 32.7 Å². The highest BCUT2D eigenvalue weighted by Gasteiger charge is 2.51.